The van der Waals surface area contributed by atoms with Crippen LogP contribution in [0.2, 0.25) is 0 Å². The molecule has 1 N–H and O–H groups in total. The Balaban J connectivity index is 3.60. The van der Waals surface area contributed by atoms with E-state index in [0.717, 1.165) is 103 Å². The van der Waals surface area contributed by atoms with Crippen molar-refractivity contribution in [3.05, 3.63) is 134 Å². The van der Waals surface area contributed by atoms with Gasteiger partial charge in [-0.05, 0) is 116 Å². The molecule has 0 amide bonds. The smallest absolute Gasteiger partial charge is 0.306 e. The quantitative estimate of drug-likeness (QED) is 0.0373. The van der Waals surface area contributed by atoms with E-state index in [0.29, 0.717) is 12.8 Å². The van der Waals surface area contributed by atoms with Crippen LogP contribution in [-0.4, -0.2) is 36.4 Å². The average Bonchev–Trinajstić information content (AvgIpc) is 3.42. The van der Waals surface area contributed by atoms with E-state index >= 15 is 0 Å². The monoisotopic (exact) mass is 1050 g/mol. The number of aliphatic hydroxyl groups is 1. The van der Waals surface area contributed by atoms with E-state index in [2.05, 4.69) is 148 Å². The predicted octanol–water partition coefficient (Wildman–Crippen LogP) is 22.0. The standard InChI is InChI=1S/C71H118O5/c1-3-5-7-9-11-13-15-17-19-21-23-25-27-29-31-33-34-35-36-38-40-42-44-46-48-50-52-54-56-58-60-62-64-66-71(74)76-69(67-72)68-75-70(73)65-63-61-59-57-55-53-51-49-47-45-43-41-39-37-32-30-28-26-24-22-20-18-16-14-12-10-8-6-4-2/h5,7,11,13,17,19,22-25,29,31,34-35,38,40,44,46,50,52,56,58,69,72H,3-4,6,8-10,12,14-16,18,20-21,26-28,30,32-33,36-37,39,41-43,45,47-49,51,53-55,57,59-68H2,1-2H3/b7-5-,13-11-,19-17-,24-22-,25-23-,31-29-,35-34-,40-38-,46-44-,52-50-,58-56-. The maximum Gasteiger partial charge on any atom is 0.306 e. The second kappa shape index (κ2) is 65.3. The number of esters is 2. The van der Waals surface area contributed by atoms with E-state index in [4.69, 9.17) is 9.47 Å². The molecule has 0 aromatic carbocycles. The maximum atomic E-state index is 12.3. The fourth-order valence-corrected chi connectivity index (χ4v) is 8.70. The Morgan fingerprint density at radius 1 is 0.316 bits per heavy atom. The third-order valence-corrected chi connectivity index (χ3v) is 13.4. The summed E-state index contributed by atoms with van der Waals surface area (Å²) in [6.07, 6.45) is 97.4. The number of ether oxygens (including phenoxy) is 2. The maximum absolute atomic E-state index is 12.3. The Labute approximate surface area is 470 Å². The van der Waals surface area contributed by atoms with E-state index in [-0.39, 0.29) is 25.2 Å². The summed E-state index contributed by atoms with van der Waals surface area (Å²) in [6.45, 7) is 4.01. The first-order valence-electron chi connectivity index (χ1n) is 31.7. The summed E-state index contributed by atoms with van der Waals surface area (Å²) in [7, 11) is 0. The van der Waals surface area contributed by atoms with Crippen LogP contribution in [0.1, 0.15) is 284 Å². The molecule has 0 radical (unpaired) electrons. The highest BCUT2D eigenvalue weighted by Crippen LogP contribution is 2.16. The van der Waals surface area contributed by atoms with Crippen LogP contribution in [0, 0.1) is 0 Å². The summed E-state index contributed by atoms with van der Waals surface area (Å²) in [5, 5.41) is 9.67. The zero-order valence-corrected chi connectivity index (χ0v) is 49.5. The van der Waals surface area contributed by atoms with Gasteiger partial charge in [-0.3, -0.25) is 9.59 Å². The van der Waals surface area contributed by atoms with E-state index < -0.39 is 6.10 Å². The summed E-state index contributed by atoms with van der Waals surface area (Å²) in [6, 6.07) is 0. The molecule has 0 aromatic rings. The number of unbranched alkanes of at least 4 members (excludes halogenated alkanes) is 27. The number of carbonyl (C=O) groups is 2. The van der Waals surface area contributed by atoms with Crippen LogP contribution in [0.25, 0.3) is 0 Å². The molecule has 0 aliphatic heterocycles. The number of aliphatic hydroxyl groups excluding tert-OH is 1. The van der Waals surface area contributed by atoms with Gasteiger partial charge in [-0.1, -0.05) is 289 Å². The molecule has 5 heteroatoms. The van der Waals surface area contributed by atoms with Crippen molar-refractivity contribution in [2.24, 2.45) is 0 Å². The molecule has 0 aromatic heterocycles. The molecule has 432 valence electrons. The molecule has 76 heavy (non-hydrogen) atoms. The lowest BCUT2D eigenvalue weighted by Crippen LogP contribution is -2.28. The summed E-state index contributed by atoms with van der Waals surface area (Å²) in [5.41, 5.74) is 0. The number of hydrogen-bond acceptors (Lipinski definition) is 5. The van der Waals surface area contributed by atoms with Crippen LogP contribution < -0.4 is 0 Å². The van der Waals surface area contributed by atoms with Crippen molar-refractivity contribution >= 4 is 11.9 Å². The summed E-state index contributed by atoms with van der Waals surface area (Å²) in [5.74, 6) is -0.642. The molecule has 0 fully saturated rings. The molecule has 5 nitrogen and oxygen atoms in total. The third-order valence-electron chi connectivity index (χ3n) is 13.4. The number of hydrogen-bond donors (Lipinski definition) is 1. The first-order valence-corrected chi connectivity index (χ1v) is 31.7. The first-order chi connectivity index (χ1) is 37.6. The minimum atomic E-state index is -0.805. The Bertz CT molecular complexity index is 1570. The van der Waals surface area contributed by atoms with Crippen molar-refractivity contribution in [2.75, 3.05) is 13.2 Å². The van der Waals surface area contributed by atoms with E-state index in [1.165, 1.54) is 154 Å². The Morgan fingerprint density at radius 2 is 0.566 bits per heavy atom. The zero-order chi connectivity index (χ0) is 54.8. The van der Waals surface area contributed by atoms with Gasteiger partial charge in [0.1, 0.15) is 6.61 Å². The van der Waals surface area contributed by atoms with Crippen molar-refractivity contribution in [2.45, 2.75) is 290 Å². The SMILES string of the molecule is CC/C=C\C/C=C\C/C=C\C/C=C\C/C=C\C/C=C\C/C=C\C/C=C\C/C=C\C/C=C\CCCCC(=O)OC(CO)COC(=O)CCCCCCCCCCCCCCCCCCC/C=C\CCCCCCCCCC. The Hall–Kier alpha value is -3.96. The van der Waals surface area contributed by atoms with Gasteiger partial charge in [0.2, 0.25) is 0 Å². The normalized spacial score (nSPS) is 13.1. The minimum absolute atomic E-state index is 0.0896. The molecule has 1 atom stereocenters. The molecule has 1 unspecified atom stereocenters. The van der Waals surface area contributed by atoms with Crippen LogP contribution in [0.5, 0.6) is 0 Å². The zero-order valence-electron chi connectivity index (χ0n) is 49.5. The van der Waals surface area contributed by atoms with Gasteiger partial charge in [0, 0.05) is 12.8 Å². The fraction of sp³-hybridized carbons (Fsp3) is 0.662. The highest BCUT2D eigenvalue weighted by atomic mass is 16.6. The molecule has 0 spiro atoms. The van der Waals surface area contributed by atoms with Crippen LogP contribution in [-0.2, 0) is 19.1 Å². The molecule has 0 aliphatic carbocycles. The van der Waals surface area contributed by atoms with Crippen molar-refractivity contribution in [3.8, 4) is 0 Å². The van der Waals surface area contributed by atoms with Crippen molar-refractivity contribution in [1.29, 1.82) is 0 Å². The second-order valence-corrected chi connectivity index (χ2v) is 20.8. The lowest BCUT2D eigenvalue weighted by molar-refractivity contribution is -0.161. The van der Waals surface area contributed by atoms with Crippen molar-refractivity contribution < 1.29 is 24.2 Å². The summed E-state index contributed by atoms with van der Waals surface area (Å²) in [4.78, 5) is 24.6. The average molecular weight is 1050 g/mol. The topological polar surface area (TPSA) is 72.8 Å². The third kappa shape index (κ3) is 62.6. The number of allylic oxidation sites excluding steroid dienone is 22. The highest BCUT2D eigenvalue weighted by Gasteiger charge is 2.16. The van der Waals surface area contributed by atoms with Crippen LogP contribution in [0.3, 0.4) is 0 Å². The van der Waals surface area contributed by atoms with Gasteiger partial charge in [0.05, 0.1) is 6.61 Å². The number of rotatable bonds is 57. The molecule has 0 saturated carbocycles. The minimum Gasteiger partial charge on any atom is -0.462 e. The van der Waals surface area contributed by atoms with Gasteiger partial charge < -0.3 is 14.6 Å². The van der Waals surface area contributed by atoms with E-state index in [9.17, 15) is 14.7 Å². The lowest BCUT2D eigenvalue weighted by atomic mass is 10.0. The Morgan fingerprint density at radius 3 is 0.895 bits per heavy atom. The highest BCUT2D eigenvalue weighted by molar-refractivity contribution is 5.70. The first kappa shape index (κ1) is 72.0. The second-order valence-electron chi connectivity index (χ2n) is 20.8. The van der Waals surface area contributed by atoms with Gasteiger partial charge >= 0.3 is 11.9 Å². The molecule has 0 heterocycles. The van der Waals surface area contributed by atoms with Crippen LogP contribution in [0.15, 0.2) is 134 Å². The van der Waals surface area contributed by atoms with Gasteiger partial charge in [0.25, 0.3) is 0 Å². The molecular weight excluding hydrogens is 933 g/mol. The van der Waals surface area contributed by atoms with Gasteiger partial charge in [-0.2, -0.15) is 0 Å². The molecule has 0 aliphatic rings. The Kier molecular flexibility index (Phi) is 61.9. The molecule has 0 saturated heterocycles. The van der Waals surface area contributed by atoms with E-state index in [1.807, 2.05) is 0 Å². The molecule has 0 rings (SSSR count). The predicted molar refractivity (Wildman–Crippen MR) is 334 cm³/mol. The van der Waals surface area contributed by atoms with Gasteiger partial charge in [-0.25, -0.2) is 0 Å². The van der Waals surface area contributed by atoms with Gasteiger partial charge in [-0.15, -0.1) is 0 Å². The van der Waals surface area contributed by atoms with Crippen LogP contribution in [0.4, 0.5) is 0 Å². The van der Waals surface area contributed by atoms with Crippen LogP contribution >= 0.6 is 0 Å². The van der Waals surface area contributed by atoms with Gasteiger partial charge in [0.15, 0.2) is 6.10 Å². The lowest BCUT2D eigenvalue weighted by Gasteiger charge is -2.15. The largest absolute Gasteiger partial charge is 0.462 e. The molecule has 0 bridgehead atoms. The summed E-state index contributed by atoms with van der Waals surface area (Å²) >= 11 is 0. The van der Waals surface area contributed by atoms with E-state index in [1.54, 1.807) is 0 Å². The fourth-order valence-electron chi connectivity index (χ4n) is 8.70. The summed E-state index contributed by atoms with van der Waals surface area (Å²) < 4.78 is 10.7. The molecular formula is C71H118O5. The van der Waals surface area contributed by atoms with Crippen molar-refractivity contribution in [1.82, 2.24) is 0 Å². The van der Waals surface area contributed by atoms with Crippen molar-refractivity contribution in [3.63, 3.8) is 0 Å². The number of carbonyl (C=O) groups excluding carboxylic acids is 2.